The van der Waals surface area contributed by atoms with Crippen molar-refractivity contribution >= 4 is 38.4 Å². The molecule has 0 fully saturated rings. The highest BCUT2D eigenvalue weighted by atomic mass is 79.9. The van der Waals surface area contributed by atoms with Crippen molar-refractivity contribution in [1.29, 1.82) is 0 Å². The van der Waals surface area contributed by atoms with Gasteiger partial charge < -0.3 is 5.32 Å². The maximum absolute atomic E-state index is 12.9. The molecule has 0 saturated carbocycles. The Kier molecular flexibility index (Phi) is 4.70. The quantitative estimate of drug-likeness (QED) is 0.709. The minimum Gasteiger partial charge on any atom is -0.324 e. The highest BCUT2D eigenvalue weighted by molar-refractivity contribution is 9.10. The third-order valence-electron chi connectivity index (χ3n) is 3.92. The zero-order valence-electron chi connectivity index (χ0n) is 15.1. The summed E-state index contributed by atoms with van der Waals surface area (Å²) in [5.74, 6) is -0.317. The van der Waals surface area contributed by atoms with Crippen LogP contribution in [0.1, 0.15) is 26.5 Å². The molecule has 2 heterocycles. The van der Waals surface area contributed by atoms with Gasteiger partial charge in [-0.3, -0.25) is 14.3 Å². The SMILES string of the molecule is Cc1nn(CC(=O)Nc2ccc(Br)cc2)c(=O)c2c1cnn2C(C)(C)C. The third kappa shape index (κ3) is 3.55. The number of amides is 1. The fourth-order valence-corrected chi connectivity index (χ4v) is 2.97. The van der Waals surface area contributed by atoms with Crippen molar-refractivity contribution in [2.45, 2.75) is 39.8 Å². The van der Waals surface area contributed by atoms with Gasteiger partial charge in [0.25, 0.3) is 5.56 Å². The van der Waals surface area contributed by atoms with Crippen molar-refractivity contribution in [1.82, 2.24) is 19.6 Å². The molecule has 136 valence electrons. The summed E-state index contributed by atoms with van der Waals surface area (Å²) in [5, 5.41) is 12.1. The predicted octanol–water partition coefficient (Wildman–Crippen LogP) is 3.06. The Morgan fingerprint density at radius 3 is 2.50 bits per heavy atom. The molecule has 0 aliphatic carbocycles. The molecular weight excluding hydrogens is 398 g/mol. The number of rotatable bonds is 3. The number of carbonyl (C=O) groups is 1. The molecule has 7 nitrogen and oxygen atoms in total. The highest BCUT2D eigenvalue weighted by Gasteiger charge is 2.22. The van der Waals surface area contributed by atoms with Gasteiger partial charge in [-0.05, 0) is 52.0 Å². The monoisotopic (exact) mass is 417 g/mol. The van der Waals surface area contributed by atoms with Crippen LogP contribution in [0, 0.1) is 6.92 Å². The van der Waals surface area contributed by atoms with Crippen molar-refractivity contribution in [2.75, 3.05) is 5.32 Å². The minimum absolute atomic E-state index is 0.166. The molecule has 1 aromatic carbocycles. The van der Waals surface area contributed by atoms with Gasteiger partial charge in [0.15, 0.2) is 0 Å². The Balaban J connectivity index is 1.95. The molecule has 1 amide bonds. The van der Waals surface area contributed by atoms with Crippen molar-refractivity contribution < 1.29 is 4.79 Å². The van der Waals surface area contributed by atoms with Crippen LogP contribution in [0.4, 0.5) is 5.69 Å². The average molecular weight is 418 g/mol. The van der Waals surface area contributed by atoms with Crippen LogP contribution >= 0.6 is 15.9 Å². The summed E-state index contributed by atoms with van der Waals surface area (Å²) in [5.41, 5.74) is 1.09. The van der Waals surface area contributed by atoms with E-state index < -0.39 is 0 Å². The molecule has 0 spiro atoms. The lowest BCUT2D eigenvalue weighted by atomic mass is 10.1. The van der Waals surface area contributed by atoms with E-state index in [-0.39, 0.29) is 23.6 Å². The first-order chi connectivity index (χ1) is 12.2. The van der Waals surface area contributed by atoms with Crippen LogP contribution in [-0.4, -0.2) is 25.5 Å². The normalized spacial score (nSPS) is 11.7. The number of hydrogen-bond acceptors (Lipinski definition) is 4. The average Bonchev–Trinajstić information content (AvgIpc) is 3.00. The number of nitrogens with zero attached hydrogens (tertiary/aromatic N) is 4. The Labute approximate surface area is 159 Å². The zero-order chi connectivity index (χ0) is 19.1. The number of carbonyl (C=O) groups excluding carboxylic acids is 1. The molecule has 0 bridgehead atoms. The molecule has 26 heavy (non-hydrogen) atoms. The molecule has 0 aliphatic rings. The van der Waals surface area contributed by atoms with Gasteiger partial charge in [0.05, 0.1) is 17.4 Å². The number of benzene rings is 1. The molecule has 0 atom stereocenters. The molecule has 0 saturated heterocycles. The number of fused-ring (bicyclic) bond motifs is 1. The number of halogens is 1. The van der Waals surface area contributed by atoms with E-state index in [1.54, 1.807) is 29.9 Å². The van der Waals surface area contributed by atoms with Crippen LogP contribution in [0.25, 0.3) is 10.9 Å². The summed E-state index contributed by atoms with van der Waals surface area (Å²) < 4.78 is 3.79. The first kappa shape index (κ1) is 18.3. The summed E-state index contributed by atoms with van der Waals surface area (Å²) in [6.07, 6.45) is 1.65. The summed E-state index contributed by atoms with van der Waals surface area (Å²) in [6, 6.07) is 7.22. The van der Waals surface area contributed by atoms with Gasteiger partial charge in [0, 0.05) is 15.5 Å². The molecule has 0 radical (unpaired) electrons. The molecular formula is C18H20BrN5O2. The van der Waals surface area contributed by atoms with Gasteiger partial charge in [0.1, 0.15) is 12.1 Å². The zero-order valence-corrected chi connectivity index (χ0v) is 16.7. The Hall–Kier alpha value is -2.48. The molecule has 3 aromatic rings. The summed E-state index contributed by atoms with van der Waals surface area (Å²) in [4.78, 5) is 25.2. The lowest BCUT2D eigenvalue weighted by Gasteiger charge is -2.20. The molecule has 1 N–H and O–H groups in total. The van der Waals surface area contributed by atoms with Gasteiger partial charge in [-0.2, -0.15) is 10.2 Å². The topological polar surface area (TPSA) is 81.8 Å². The number of nitrogens with one attached hydrogen (secondary N) is 1. The molecule has 8 heteroatoms. The van der Waals surface area contributed by atoms with E-state index in [0.717, 1.165) is 4.47 Å². The second kappa shape index (κ2) is 6.68. The Morgan fingerprint density at radius 2 is 1.88 bits per heavy atom. The predicted molar refractivity (Wildman–Crippen MR) is 104 cm³/mol. The van der Waals surface area contributed by atoms with Gasteiger partial charge in [-0.15, -0.1) is 0 Å². The van der Waals surface area contributed by atoms with Gasteiger partial charge in [-0.25, -0.2) is 4.68 Å². The van der Waals surface area contributed by atoms with E-state index in [1.807, 2.05) is 32.9 Å². The van der Waals surface area contributed by atoms with Crippen molar-refractivity contribution in [3.05, 3.63) is 51.0 Å². The third-order valence-corrected chi connectivity index (χ3v) is 4.45. The van der Waals surface area contributed by atoms with Crippen LogP contribution in [-0.2, 0) is 16.9 Å². The van der Waals surface area contributed by atoms with Crippen LogP contribution in [0.2, 0.25) is 0 Å². The van der Waals surface area contributed by atoms with Crippen LogP contribution < -0.4 is 10.9 Å². The second-order valence-electron chi connectivity index (χ2n) is 7.09. The lowest BCUT2D eigenvalue weighted by Crippen LogP contribution is -2.33. The van der Waals surface area contributed by atoms with Gasteiger partial charge in [-0.1, -0.05) is 15.9 Å². The standard InChI is InChI=1S/C18H20BrN5O2/c1-11-14-9-20-24(18(2,3)4)16(14)17(26)23(22-11)10-15(25)21-13-7-5-12(19)6-8-13/h5-9H,10H2,1-4H3,(H,21,25). The Morgan fingerprint density at radius 1 is 1.23 bits per heavy atom. The van der Waals surface area contributed by atoms with E-state index in [1.165, 1.54) is 4.68 Å². The van der Waals surface area contributed by atoms with Crippen LogP contribution in [0.15, 0.2) is 39.7 Å². The van der Waals surface area contributed by atoms with Gasteiger partial charge in [0.2, 0.25) is 5.91 Å². The van der Waals surface area contributed by atoms with E-state index >= 15 is 0 Å². The Bertz CT molecular complexity index is 1030. The number of aromatic nitrogens is 4. The van der Waals surface area contributed by atoms with Crippen molar-refractivity contribution in [3.8, 4) is 0 Å². The van der Waals surface area contributed by atoms with Crippen molar-refractivity contribution in [3.63, 3.8) is 0 Å². The fourth-order valence-electron chi connectivity index (χ4n) is 2.71. The first-order valence-electron chi connectivity index (χ1n) is 8.18. The maximum atomic E-state index is 12.9. The largest absolute Gasteiger partial charge is 0.324 e. The molecule has 0 aliphatic heterocycles. The summed E-state index contributed by atoms with van der Waals surface area (Å²) >= 11 is 3.35. The van der Waals surface area contributed by atoms with E-state index in [9.17, 15) is 9.59 Å². The van der Waals surface area contributed by atoms with Gasteiger partial charge >= 0.3 is 0 Å². The van der Waals surface area contributed by atoms with Crippen molar-refractivity contribution in [2.24, 2.45) is 0 Å². The van der Waals surface area contributed by atoms with E-state index in [4.69, 9.17) is 0 Å². The first-order valence-corrected chi connectivity index (χ1v) is 8.97. The highest BCUT2D eigenvalue weighted by Crippen LogP contribution is 2.20. The lowest BCUT2D eigenvalue weighted by molar-refractivity contribution is -0.117. The molecule has 2 aromatic heterocycles. The molecule has 0 unspecified atom stereocenters. The minimum atomic E-state index is -0.355. The number of anilines is 1. The fraction of sp³-hybridized carbons (Fsp3) is 0.333. The molecule has 3 rings (SSSR count). The summed E-state index contributed by atoms with van der Waals surface area (Å²) in [6.45, 7) is 7.55. The van der Waals surface area contributed by atoms with Crippen LogP contribution in [0.5, 0.6) is 0 Å². The number of hydrogen-bond donors (Lipinski definition) is 1. The van der Waals surface area contributed by atoms with Crippen LogP contribution in [0.3, 0.4) is 0 Å². The van der Waals surface area contributed by atoms with E-state index in [2.05, 4.69) is 31.4 Å². The maximum Gasteiger partial charge on any atom is 0.293 e. The smallest absolute Gasteiger partial charge is 0.293 e. The summed E-state index contributed by atoms with van der Waals surface area (Å²) in [7, 11) is 0. The van der Waals surface area contributed by atoms with E-state index in [0.29, 0.717) is 22.3 Å². The second-order valence-corrected chi connectivity index (χ2v) is 8.01. The number of aryl methyl sites for hydroxylation is 1.